The lowest BCUT2D eigenvalue weighted by Crippen LogP contribution is -2.63. The molecule has 5 N–H and O–H groups in total. The van der Waals surface area contributed by atoms with Gasteiger partial charge in [0.15, 0.2) is 0 Å². The highest BCUT2D eigenvalue weighted by molar-refractivity contribution is 5.76. The van der Waals surface area contributed by atoms with Gasteiger partial charge in [-0.3, -0.25) is 4.79 Å². The second-order valence-electron chi connectivity index (χ2n) is 3.93. The van der Waals surface area contributed by atoms with E-state index in [0.29, 0.717) is 0 Å². The number of aliphatic hydroxyl groups is 3. The first-order valence-corrected chi connectivity index (χ1v) is 5.00. The van der Waals surface area contributed by atoms with Gasteiger partial charge in [-0.1, -0.05) is 0 Å². The molecule has 1 amide bonds. The monoisotopic (exact) mass is 249 g/mol. The van der Waals surface area contributed by atoms with Gasteiger partial charge in [-0.25, -0.2) is 4.79 Å². The SMILES string of the molecule is CC(=O)N[C@H]1[C@H](CO)OC(O)(C(=O)O)C[C@@H]1O. The number of nitrogens with one attached hydrogen (secondary N) is 1. The Morgan fingerprint density at radius 3 is 2.53 bits per heavy atom. The highest BCUT2D eigenvalue weighted by Gasteiger charge is 2.50. The molecule has 1 rings (SSSR count). The number of aliphatic hydroxyl groups excluding tert-OH is 2. The van der Waals surface area contributed by atoms with Crippen molar-refractivity contribution in [3.63, 3.8) is 0 Å². The summed E-state index contributed by atoms with van der Waals surface area (Å²) in [6.45, 7) is 0.566. The molecule has 1 heterocycles. The highest BCUT2D eigenvalue weighted by Crippen LogP contribution is 2.27. The lowest BCUT2D eigenvalue weighted by Gasteiger charge is -2.41. The van der Waals surface area contributed by atoms with E-state index in [1.54, 1.807) is 0 Å². The van der Waals surface area contributed by atoms with E-state index in [9.17, 15) is 19.8 Å². The molecule has 4 atom stereocenters. The Balaban J connectivity index is 2.86. The van der Waals surface area contributed by atoms with Crippen LogP contribution in [0.3, 0.4) is 0 Å². The second kappa shape index (κ2) is 4.96. The molecule has 17 heavy (non-hydrogen) atoms. The van der Waals surface area contributed by atoms with Crippen molar-refractivity contribution in [3.8, 4) is 0 Å². The van der Waals surface area contributed by atoms with Gasteiger partial charge in [0, 0.05) is 13.3 Å². The van der Waals surface area contributed by atoms with Crippen molar-refractivity contribution in [2.45, 2.75) is 37.4 Å². The molecule has 1 fully saturated rings. The zero-order valence-electron chi connectivity index (χ0n) is 9.16. The lowest BCUT2D eigenvalue weighted by molar-refractivity contribution is -0.280. The number of carboxylic acids is 1. The minimum atomic E-state index is -2.55. The van der Waals surface area contributed by atoms with Crippen LogP contribution in [0, 0.1) is 0 Å². The zero-order valence-corrected chi connectivity index (χ0v) is 9.16. The number of carbonyl (C=O) groups excluding carboxylic acids is 1. The van der Waals surface area contributed by atoms with E-state index < -0.39 is 48.9 Å². The summed E-state index contributed by atoms with van der Waals surface area (Å²) in [6, 6.07) is -0.961. The van der Waals surface area contributed by atoms with Crippen molar-refractivity contribution in [1.29, 1.82) is 0 Å². The van der Waals surface area contributed by atoms with Gasteiger partial charge in [-0.15, -0.1) is 0 Å². The van der Waals surface area contributed by atoms with Gasteiger partial charge >= 0.3 is 5.97 Å². The third kappa shape index (κ3) is 2.91. The van der Waals surface area contributed by atoms with E-state index in [1.165, 1.54) is 6.92 Å². The molecule has 1 aliphatic heterocycles. The molecule has 0 bridgehead atoms. The standard InChI is InChI=1S/C9H15NO7/c1-4(12)10-7-5(13)2-9(16,8(14)15)17-6(7)3-11/h5-7,11,13,16H,2-3H2,1H3,(H,10,12)(H,14,15)/t5-,6-,7+,9?/m0/s1. The molecular weight excluding hydrogens is 234 g/mol. The van der Waals surface area contributed by atoms with Crippen LogP contribution in [0.4, 0.5) is 0 Å². The predicted octanol–water partition coefficient (Wildman–Crippen LogP) is -2.59. The number of aliphatic carboxylic acids is 1. The van der Waals surface area contributed by atoms with E-state index in [2.05, 4.69) is 5.32 Å². The van der Waals surface area contributed by atoms with E-state index in [4.69, 9.17) is 14.9 Å². The Labute approximate surface area is 96.8 Å². The van der Waals surface area contributed by atoms with Crippen LogP contribution in [-0.4, -0.2) is 62.9 Å². The van der Waals surface area contributed by atoms with Gasteiger partial charge in [-0.05, 0) is 0 Å². The lowest BCUT2D eigenvalue weighted by atomic mass is 9.93. The second-order valence-corrected chi connectivity index (χ2v) is 3.93. The summed E-state index contributed by atoms with van der Waals surface area (Å²) >= 11 is 0. The van der Waals surface area contributed by atoms with Crippen LogP contribution in [0.2, 0.25) is 0 Å². The highest BCUT2D eigenvalue weighted by atomic mass is 16.7. The molecule has 1 saturated heterocycles. The zero-order chi connectivity index (χ0) is 13.2. The molecule has 8 nitrogen and oxygen atoms in total. The van der Waals surface area contributed by atoms with Gasteiger partial charge in [0.25, 0.3) is 5.79 Å². The predicted molar refractivity (Wildman–Crippen MR) is 52.8 cm³/mol. The minimum Gasteiger partial charge on any atom is -0.477 e. The third-order valence-corrected chi connectivity index (χ3v) is 2.53. The first-order valence-electron chi connectivity index (χ1n) is 5.00. The molecule has 0 aliphatic carbocycles. The summed E-state index contributed by atoms with van der Waals surface area (Å²) in [5, 5.41) is 39.3. The van der Waals surface area contributed by atoms with Crippen molar-refractivity contribution < 1.29 is 34.8 Å². The molecule has 0 aromatic carbocycles. The Morgan fingerprint density at radius 1 is 1.53 bits per heavy atom. The number of ether oxygens (including phenoxy) is 1. The fourth-order valence-electron chi connectivity index (χ4n) is 1.74. The average molecular weight is 249 g/mol. The summed E-state index contributed by atoms with van der Waals surface area (Å²) in [4.78, 5) is 21.6. The van der Waals surface area contributed by atoms with Crippen molar-refractivity contribution in [2.24, 2.45) is 0 Å². The molecule has 0 aromatic rings. The van der Waals surface area contributed by atoms with E-state index in [-0.39, 0.29) is 0 Å². The van der Waals surface area contributed by atoms with Gasteiger partial charge in [0.1, 0.15) is 6.10 Å². The summed E-state index contributed by atoms with van der Waals surface area (Å²) in [6.07, 6.45) is -3.11. The van der Waals surface area contributed by atoms with Gasteiger partial charge in [0.2, 0.25) is 5.91 Å². The van der Waals surface area contributed by atoms with Crippen LogP contribution in [0.1, 0.15) is 13.3 Å². The van der Waals surface area contributed by atoms with Crippen molar-refractivity contribution in [2.75, 3.05) is 6.61 Å². The van der Waals surface area contributed by atoms with Gasteiger partial charge in [0.05, 0.1) is 18.8 Å². The van der Waals surface area contributed by atoms with Crippen LogP contribution in [0.5, 0.6) is 0 Å². The molecular formula is C9H15NO7. The molecule has 8 heteroatoms. The number of hydrogen-bond acceptors (Lipinski definition) is 6. The molecule has 0 aromatic heterocycles. The molecule has 1 aliphatic rings. The Hall–Kier alpha value is -1.22. The van der Waals surface area contributed by atoms with Crippen molar-refractivity contribution in [3.05, 3.63) is 0 Å². The first kappa shape index (κ1) is 13.8. The quantitative estimate of drug-likeness (QED) is 0.370. The Kier molecular flexibility index (Phi) is 4.04. The van der Waals surface area contributed by atoms with E-state index in [0.717, 1.165) is 0 Å². The summed E-state index contributed by atoms with van der Waals surface area (Å²) in [5.74, 6) is -4.67. The average Bonchev–Trinajstić information content (AvgIpc) is 2.21. The molecule has 0 spiro atoms. The number of hydrogen-bond donors (Lipinski definition) is 5. The summed E-state index contributed by atoms with van der Waals surface area (Å²) in [7, 11) is 0. The fraction of sp³-hybridized carbons (Fsp3) is 0.778. The Bertz CT molecular complexity index is 320. The third-order valence-electron chi connectivity index (χ3n) is 2.53. The van der Waals surface area contributed by atoms with Crippen LogP contribution in [0.15, 0.2) is 0 Å². The summed E-state index contributed by atoms with van der Waals surface area (Å²) < 4.78 is 4.80. The van der Waals surface area contributed by atoms with E-state index >= 15 is 0 Å². The number of carbonyl (C=O) groups is 2. The number of rotatable bonds is 3. The van der Waals surface area contributed by atoms with Crippen LogP contribution >= 0.6 is 0 Å². The molecule has 0 radical (unpaired) electrons. The van der Waals surface area contributed by atoms with Gasteiger partial charge < -0.3 is 30.5 Å². The van der Waals surface area contributed by atoms with E-state index in [1.807, 2.05) is 0 Å². The maximum Gasteiger partial charge on any atom is 0.364 e. The number of amides is 1. The maximum atomic E-state index is 10.9. The van der Waals surface area contributed by atoms with Crippen LogP contribution < -0.4 is 5.32 Å². The van der Waals surface area contributed by atoms with Gasteiger partial charge in [-0.2, -0.15) is 0 Å². The normalized spacial score (nSPS) is 37.5. The van der Waals surface area contributed by atoms with Crippen LogP contribution in [-0.2, 0) is 14.3 Å². The topological polar surface area (TPSA) is 136 Å². The Morgan fingerprint density at radius 2 is 2.12 bits per heavy atom. The largest absolute Gasteiger partial charge is 0.477 e. The smallest absolute Gasteiger partial charge is 0.364 e. The minimum absolute atomic E-state index is 0.461. The maximum absolute atomic E-state index is 10.9. The summed E-state index contributed by atoms with van der Waals surface area (Å²) in [5.41, 5.74) is 0. The molecule has 1 unspecified atom stereocenters. The number of carboxylic acid groups (broad SMARTS) is 1. The molecule has 98 valence electrons. The van der Waals surface area contributed by atoms with Crippen molar-refractivity contribution in [1.82, 2.24) is 5.32 Å². The fourth-order valence-corrected chi connectivity index (χ4v) is 1.74. The van der Waals surface area contributed by atoms with Crippen LogP contribution in [0.25, 0.3) is 0 Å². The first-order chi connectivity index (χ1) is 7.80. The molecule has 0 saturated carbocycles. The van der Waals surface area contributed by atoms with Crippen molar-refractivity contribution >= 4 is 11.9 Å².